The van der Waals surface area contributed by atoms with Crippen LogP contribution in [-0.4, -0.2) is 16.0 Å². The predicted octanol–water partition coefficient (Wildman–Crippen LogP) is 3.85. The van der Waals surface area contributed by atoms with Crippen LogP contribution in [0.5, 0.6) is 0 Å². The maximum absolute atomic E-state index is 12.3. The first-order chi connectivity index (χ1) is 11.2. The van der Waals surface area contributed by atoms with Gasteiger partial charge in [0.15, 0.2) is 0 Å². The molecule has 1 N–H and O–H groups in total. The minimum atomic E-state index is -0.272. The minimum Gasteiger partial charge on any atom is -0.338 e. The number of aryl methyl sites for hydroxylation is 1. The fraction of sp³-hybridized carbons (Fsp3) is 0.235. The zero-order valence-electron chi connectivity index (χ0n) is 13.0. The molecule has 2 heterocycles. The van der Waals surface area contributed by atoms with E-state index in [0.29, 0.717) is 11.6 Å². The van der Waals surface area contributed by atoms with Crippen LogP contribution in [0.25, 0.3) is 0 Å². The number of anilines is 1. The van der Waals surface area contributed by atoms with Gasteiger partial charge in [0.25, 0.3) is 5.91 Å². The number of carbonyl (C=O) groups excluding carboxylic acids is 1. The molecule has 5 nitrogen and oxygen atoms in total. The van der Waals surface area contributed by atoms with Crippen molar-refractivity contribution in [3.63, 3.8) is 0 Å². The average molecular weight is 327 g/mol. The van der Waals surface area contributed by atoms with Gasteiger partial charge in [-0.1, -0.05) is 42.4 Å². The third kappa shape index (κ3) is 3.48. The maximum atomic E-state index is 12.3. The Bertz CT molecular complexity index is 808. The van der Waals surface area contributed by atoms with Gasteiger partial charge in [-0.25, -0.2) is 4.98 Å². The van der Waals surface area contributed by atoms with Crippen LogP contribution in [0.4, 0.5) is 5.88 Å². The maximum Gasteiger partial charge on any atom is 0.277 e. The van der Waals surface area contributed by atoms with Crippen molar-refractivity contribution in [2.45, 2.75) is 26.7 Å². The van der Waals surface area contributed by atoms with Crippen LogP contribution in [0, 0.1) is 6.92 Å². The van der Waals surface area contributed by atoms with Crippen LogP contribution in [0.15, 0.2) is 40.2 Å². The third-order valence-electron chi connectivity index (χ3n) is 3.55. The number of aromatic nitrogens is 2. The molecule has 118 valence electrons. The van der Waals surface area contributed by atoms with Gasteiger partial charge >= 0.3 is 0 Å². The van der Waals surface area contributed by atoms with Gasteiger partial charge in [-0.05, 0) is 18.9 Å². The Morgan fingerprint density at radius 2 is 2.09 bits per heavy atom. The normalized spacial score (nSPS) is 10.7. The summed E-state index contributed by atoms with van der Waals surface area (Å²) in [6, 6.07) is 10.1. The second kappa shape index (κ2) is 6.75. The van der Waals surface area contributed by atoms with Gasteiger partial charge in [-0.3, -0.25) is 10.1 Å². The highest BCUT2D eigenvalue weighted by Gasteiger charge is 2.17. The molecule has 0 aliphatic carbocycles. The number of hydrogen-bond acceptors (Lipinski definition) is 5. The lowest BCUT2D eigenvalue weighted by Crippen LogP contribution is -2.13. The van der Waals surface area contributed by atoms with Crippen LogP contribution in [0.2, 0.25) is 0 Å². The Morgan fingerprint density at radius 3 is 2.83 bits per heavy atom. The Hall–Kier alpha value is -2.47. The Balaban J connectivity index is 1.71. The molecule has 0 saturated heterocycles. The molecule has 23 heavy (non-hydrogen) atoms. The largest absolute Gasteiger partial charge is 0.338 e. The highest BCUT2D eigenvalue weighted by atomic mass is 32.1. The number of benzene rings is 1. The molecule has 0 bridgehead atoms. The average Bonchev–Trinajstić information content (AvgIpc) is 3.15. The number of nitrogens with one attached hydrogen (secondary N) is 1. The zero-order valence-corrected chi connectivity index (χ0v) is 13.8. The van der Waals surface area contributed by atoms with E-state index >= 15 is 0 Å². The second-order valence-corrected chi connectivity index (χ2v) is 6.11. The first kappa shape index (κ1) is 15.4. The number of amides is 1. The molecule has 0 atom stereocenters. The van der Waals surface area contributed by atoms with Gasteiger partial charge in [0.05, 0.1) is 10.7 Å². The summed E-state index contributed by atoms with van der Waals surface area (Å²) in [5.74, 6) is 0.138. The van der Waals surface area contributed by atoms with Crippen molar-refractivity contribution in [3.05, 3.63) is 63.2 Å². The molecule has 3 rings (SSSR count). The van der Waals surface area contributed by atoms with E-state index in [1.54, 1.807) is 5.38 Å². The van der Waals surface area contributed by atoms with Crippen molar-refractivity contribution in [1.82, 2.24) is 10.1 Å². The number of carbonyl (C=O) groups is 1. The molecule has 0 fully saturated rings. The topological polar surface area (TPSA) is 68.0 Å². The molecular weight excluding hydrogens is 310 g/mol. The SMILES string of the molecule is CCc1c(C)noc1NC(=O)c1csc(Cc2ccccc2)n1. The fourth-order valence-electron chi connectivity index (χ4n) is 2.34. The highest BCUT2D eigenvalue weighted by molar-refractivity contribution is 7.09. The molecule has 3 aromatic rings. The van der Waals surface area contributed by atoms with E-state index in [1.165, 1.54) is 16.9 Å². The number of hydrogen-bond donors (Lipinski definition) is 1. The van der Waals surface area contributed by atoms with E-state index in [4.69, 9.17) is 4.52 Å². The predicted molar refractivity (Wildman–Crippen MR) is 89.9 cm³/mol. The van der Waals surface area contributed by atoms with Crippen molar-refractivity contribution < 1.29 is 9.32 Å². The minimum absolute atomic E-state index is 0.272. The van der Waals surface area contributed by atoms with Gasteiger partial charge < -0.3 is 4.52 Å². The molecule has 0 radical (unpaired) electrons. The van der Waals surface area contributed by atoms with Crippen molar-refractivity contribution >= 4 is 23.1 Å². The molecule has 0 spiro atoms. The van der Waals surface area contributed by atoms with E-state index in [9.17, 15) is 4.79 Å². The molecule has 2 aromatic heterocycles. The van der Waals surface area contributed by atoms with Gasteiger partial charge in [0.1, 0.15) is 5.69 Å². The van der Waals surface area contributed by atoms with Crippen LogP contribution in [0.3, 0.4) is 0 Å². The summed E-state index contributed by atoms with van der Waals surface area (Å²) in [5, 5.41) is 9.31. The quantitative estimate of drug-likeness (QED) is 0.773. The molecular formula is C17H17N3O2S. The lowest BCUT2D eigenvalue weighted by atomic mass is 10.2. The molecule has 0 unspecified atom stereocenters. The molecule has 1 amide bonds. The first-order valence-electron chi connectivity index (χ1n) is 7.42. The summed E-state index contributed by atoms with van der Waals surface area (Å²) in [6.45, 7) is 3.86. The van der Waals surface area contributed by atoms with E-state index in [0.717, 1.165) is 29.1 Å². The Morgan fingerprint density at radius 1 is 1.30 bits per heavy atom. The van der Waals surface area contributed by atoms with Crippen LogP contribution in [-0.2, 0) is 12.8 Å². The fourth-order valence-corrected chi connectivity index (χ4v) is 3.15. The summed E-state index contributed by atoms with van der Waals surface area (Å²) in [6.07, 6.45) is 1.47. The van der Waals surface area contributed by atoms with E-state index in [2.05, 4.69) is 15.5 Å². The smallest absolute Gasteiger partial charge is 0.277 e. The van der Waals surface area contributed by atoms with E-state index in [1.807, 2.05) is 44.2 Å². The summed E-state index contributed by atoms with van der Waals surface area (Å²) >= 11 is 1.48. The van der Waals surface area contributed by atoms with E-state index < -0.39 is 0 Å². The molecule has 6 heteroatoms. The van der Waals surface area contributed by atoms with Gasteiger partial charge in [-0.2, -0.15) is 0 Å². The monoisotopic (exact) mass is 327 g/mol. The summed E-state index contributed by atoms with van der Waals surface area (Å²) < 4.78 is 5.17. The summed E-state index contributed by atoms with van der Waals surface area (Å²) in [4.78, 5) is 16.7. The van der Waals surface area contributed by atoms with Crippen molar-refractivity contribution in [2.24, 2.45) is 0 Å². The number of nitrogens with zero attached hydrogens (tertiary/aromatic N) is 2. The molecule has 0 saturated carbocycles. The first-order valence-corrected chi connectivity index (χ1v) is 8.30. The van der Waals surface area contributed by atoms with Crippen molar-refractivity contribution in [1.29, 1.82) is 0 Å². The van der Waals surface area contributed by atoms with Crippen molar-refractivity contribution in [3.8, 4) is 0 Å². The van der Waals surface area contributed by atoms with Gasteiger partial charge in [-0.15, -0.1) is 11.3 Å². The zero-order chi connectivity index (χ0) is 16.2. The number of rotatable bonds is 5. The third-order valence-corrected chi connectivity index (χ3v) is 4.40. The van der Waals surface area contributed by atoms with Crippen LogP contribution < -0.4 is 5.32 Å². The Kier molecular flexibility index (Phi) is 4.52. The van der Waals surface area contributed by atoms with E-state index in [-0.39, 0.29) is 5.91 Å². The standard InChI is InChI=1S/C17H17N3O2S/c1-3-13-11(2)20-22-17(13)19-16(21)14-10-23-15(18-14)9-12-7-5-4-6-8-12/h4-8,10H,3,9H2,1-2H3,(H,19,21). The molecule has 0 aliphatic rings. The summed E-state index contributed by atoms with van der Waals surface area (Å²) in [7, 11) is 0. The number of thiazole rings is 1. The highest BCUT2D eigenvalue weighted by Crippen LogP contribution is 2.21. The lowest BCUT2D eigenvalue weighted by molar-refractivity contribution is 0.101. The van der Waals surface area contributed by atoms with Crippen LogP contribution in [0.1, 0.15) is 39.2 Å². The lowest BCUT2D eigenvalue weighted by Gasteiger charge is -2.00. The van der Waals surface area contributed by atoms with Crippen LogP contribution >= 0.6 is 11.3 Å². The second-order valence-electron chi connectivity index (χ2n) is 5.17. The molecule has 1 aromatic carbocycles. The van der Waals surface area contributed by atoms with Crippen molar-refractivity contribution in [2.75, 3.05) is 5.32 Å². The summed E-state index contributed by atoms with van der Waals surface area (Å²) in [5.41, 5.74) is 3.29. The Labute approximate surface area is 138 Å². The van der Waals surface area contributed by atoms with Gasteiger partial charge in [0.2, 0.25) is 5.88 Å². The molecule has 0 aliphatic heterocycles. The van der Waals surface area contributed by atoms with Gasteiger partial charge in [0, 0.05) is 17.4 Å².